The largest absolute Gasteiger partial charge is 0.357 e. The molecule has 0 spiro atoms. The van der Waals surface area contributed by atoms with E-state index in [-0.39, 0.29) is 6.04 Å². The summed E-state index contributed by atoms with van der Waals surface area (Å²) in [7, 11) is -3.48. The molecule has 1 aliphatic heterocycles. The summed E-state index contributed by atoms with van der Waals surface area (Å²) in [6.07, 6.45) is 2.79. The van der Waals surface area contributed by atoms with Crippen LogP contribution in [0.5, 0.6) is 0 Å². The zero-order chi connectivity index (χ0) is 16.6. The molecule has 3 aromatic rings. The highest BCUT2D eigenvalue weighted by Crippen LogP contribution is 2.36. The number of H-pyrrole nitrogens is 1. The minimum Gasteiger partial charge on any atom is -0.357 e. The summed E-state index contributed by atoms with van der Waals surface area (Å²) in [6.45, 7) is 0.567. The summed E-state index contributed by atoms with van der Waals surface area (Å²) in [4.78, 5) is 3.78. The minimum atomic E-state index is -3.48. The van der Waals surface area contributed by atoms with Gasteiger partial charge < -0.3 is 4.98 Å². The van der Waals surface area contributed by atoms with Gasteiger partial charge in [-0.1, -0.05) is 42.8 Å². The predicted octanol–water partition coefficient (Wildman–Crippen LogP) is 4.08. The molecular formula is C19H20N2O2S. The van der Waals surface area contributed by atoms with E-state index in [0.717, 1.165) is 35.9 Å². The molecule has 1 atom stereocenters. The van der Waals surface area contributed by atoms with Crippen LogP contribution >= 0.6 is 0 Å². The monoisotopic (exact) mass is 340 g/mol. The van der Waals surface area contributed by atoms with Crippen molar-refractivity contribution in [1.29, 1.82) is 0 Å². The molecule has 1 aliphatic rings. The molecule has 0 amide bonds. The Kier molecular flexibility index (Phi) is 3.90. The van der Waals surface area contributed by atoms with E-state index in [2.05, 4.69) is 11.1 Å². The highest BCUT2D eigenvalue weighted by molar-refractivity contribution is 7.89. The van der Waals surface area contributed by atoms with E-state index in [0.29, 0.717) is 11.4 Å². The first-order valence-electron chi connectivity index (χ1n) is 8.31. The Bertz CT molecular complexity index is 915. The number of aromatic amines is 1. The topological polar surface area (TPSA) is 53.2 Å². The first kappa shape index (κ1) is 15.4. The molecule has 1 fully saturated rings. The van der Waals surface area contributed by atoms with Crippen LogP contribution in [-0.2, 0) is 10.0 Å². The van der Waals surface area contributed by atoms with Gasteiger partial charge in [0.1, 0.15) is 0 Å². The molecule has 0 aliphatic carbocycles. The van der Waals surface area contributed by atoms with Crippen molar-refractivity contribution in [2.24, 2.45) is 0 Å². The van der Waals surface area contributed by atoms with E-state index in [1.165, 1.54) is 0 Å². The molecule has 5 heteroatoms. The van der Waals surface area contributed by atoms with Gasteiger partial charge in [-0.3, -0.25) is 0 Å². The average molecular weight is 340 g/mol. The third-order valence-electron chi connectivity index (χ3n) is 4.71. The SMILES string of the molecule is O=S(=O)(c1ccccc1)N1CCCCC1c1cc2ccccc2[nH]1. The summed E-state index contributed by atoms with van der Waals surface area (Å²) in [6, 6.07) is 18.7. The number of piperidine rings is 1. The maximum atomic E-state index is 13.1. The second-order valence-corrected chi connectivity index (χ2v) is 8.14. The predicted molar refractivity (Wildman–Crippen MR) is 95.2 cm³/mol. The van der Waals surface area contributed by atoms with Crippen LogP contribution in [0.2, 0.25) is 0 Å². The fourth-order valence-corrected chi connectivity index (χ4v) is 5.20. The standard InChI is InChI=1S/C19H20N2O2S/c22-24(23,16-9-2-1-3-10-16)21-13-7-6-12-19(21)18-14-15-8-4-5-11-17(15)20-18/h1-5,8-11,14,19-20H,6-7,12-13H2. The van der Waals surface area contributed by atoms with Crippen molar-refractivity contribution in [1.82, 2.24) is 9.29 Å². The Morgan fingerprint density at radius 3 is 2.50 bits per heavy atom. The molecule has 1 unspecified atom stereocenters. The van der Waals surface area contributed by atoms with E-state index >= 15 is 0 Å². The van der Waals surface area contributed by atoms with Crippen molar-refractivity contribution in [3.63, 3.8) is 0 Å². The first-order chi connectivity index (χ1) is 11.7. The summed E-state index contributed by atoms with van der Waals surface area (Å²) in [5, 5.41) is 1.12. The van der Waals surface area contributed by atoms with Crippen molar-refractivity contribution in [2.75, 3.05) is 6.54 Å². The molecular weight excluding hydrogens is 320 g/mol. The lowest BCUT2D eigenvalue weighted by atomic mass is 10.0. The summed E-state index contributed by atoms with van der Waals surface area (Å²) in [5.41, 5.74) is 2.03. The van der Waals surface area contributed by atoms with Crippen molar-refractivity contribution < 1.29 is 8.42 Å². The fraction of sp³-hybridized carbons (Fsp3) is 0.263. The van der Waals surface area contributed by atoms with Gasteiger partial charge in [0.25, 0.3) is 0 Å². The molecule has 4 rings (SSSR count). The smallest absolute Gasteiger partial charge is 0.243 e. The maximum Gasteiger partial charge on any atom is 0.243 e. The van der Waals surface area contributed by atoms with Crippen molar-refractivity contribution in [3.05, 3.63) is 66.4 Å². The minimum absolute atomic E-state index is 0.128. The van der Waals surface area contributed by atoms with Gasteiger partial charge in [-0.05, 0) is 42.5 Å². The fourth-order valence-electron chi connectivity index (χ4n) is 3.51. The highest BCUT2D eigenvalue weighted by atomic mass is 32.2. The number of para-hydroxylation sites is 1. The number of nitrogens with zero attached hydrogens (tertiary/aromatic N) is 1. The first-order valence-corrected chi connectivity index (χ1v) is 9.75. The number of hydrogen-bond donors (Lipinski definition) is 1. The molecule has 24 heavy (non-hydrogen) atoms. The quantitative estimate of drug-likeness (QED) is 0.781. The zero-order valence-electron chi connectivity index (χ0n) is 13.4. The van der Waals surface area contributed by atoms with Crippen LogP contribution in [0.3, 0.4) is 0 Å². The van der Waals surface area contributed by atoms with Crippen molar-refractivity contribution in [3.8, 4) is 0 Å². The lowest BCUT2D eigenvalue weighted by Gasteiger charge is -2.34. The lowest BCUT2D eigenvalue weighted by molar-refractivity contribution is 0.252. The van der Waals surface area contributed by atoms with Crippen LogP contribution in [0.15, 0.2) is 65.6 Å². The Morgan fingerprint density at radius 2 is 1.71 bits per heavy atom. The second-order valence-electron chi connectivity index (χ2n) is 6.25. The number of aromatic nitrogens is 1. The molecule has 1 aromatic heterocycles. The van der Waals surface area contributed by atoms with Crippen LogP contribution in [0.25, 0.3) is 10.9 Å². The molecule has 4 nitrogen and oxygen atoms in total. The van der Waals surface area contributed by atoms with Gasteiger partial charge in [0.05, 0.1) is 10.9 Å². The van der Waals surface area contributed by atoms with Crippen LogP contribution in [0.4, 0.5) is 0 Å². The van der Waals surface area contributed by atoms with E-state index in [4.69, 9.17) is 0 Å². The molecule has 0 radical (unpaired) electrons. The molecule has 2 aromatic carbocycles. The third-order valence-corrected chi connectivity index (χ3v) is 6.64. The Labute approximate surface area is 142 Å². The van der Waals surface area contributed by atoms with E-state index in [9.17, 15) is 8.42 Å². The van der Waals surface area contributed by atoms with E-state index < -0.39 is 10.0 Å². The van der Waals surface area contributed by atoms with E-state index in [1.54, 1.807) is 28.6 Å². The number of fused-ring (bicyclic) bond motifs is 1. The van der Waals surface area contributed by atoms with Gasteiger partial charge in [0.15, 0.2) is 0 Å². The summed E-state index contributed by atoms with van der Waals surface area (Å²) < 4.78 is 27.9. The Hall–Kier alpha value is -2.11. The highest BCUT2D eigenvalue weighted by Gasteiger charge is 2.35. The van der Waals surface area contributed by atoms with Gasteiger partial charge in [0, 0.05) is 17.8 Å². The number of sulfonamides is 1. The normalized spacial score (nSPS) is 19.6. The Balaban J connectivity index is 1.76. The van der Waals surface area contributed by atoms with Gasteiger partial charge in [-0.15, -0.1) is 0 Å². The number of nitrogens with one attached hydrogen (secondary N) is 1. The van der Waals surface area contributed by atoms with Gasteiger partial charge in [-0.25, -0.2) is 8.42 Å². The molecule has 1 saturated heterocycles. The zero-order valence-corrected chi connectivity index (χ0v) is 14.2. The average Bonchev–Trinajstić information content (AvgIpc) is 3.06. The number of benzene rings is 2. The van der Waals surface area contributed by atoms with Crippen LogP contribution in [0.1, 0.15) is 31.0 Å². The molecule has 0 saturated carbocycles. The van der Waals surface area contributed by atoms with Gasteiger partial charge in [-0.2, -0.15) is 4.31 Å². The van der Waals surface area contributed by atoms with Crippen LogP contribution in [0, 0.1) is 0 Å². The third kappa shape index (κ3) is 2.64. The summed E-state index contributed by atoms with van der Waals surface area (Å²) >= 11 is 0. The Morgan fingerprint density at radius 1 is 0.958 bits per heavy atom. The van der Waals surface area contributed by atoms with Crippen molar-refractivity contribution >= 4 is 20.9 Å². The second kappa shape index (κ2) is 6.07. The molecule has 124 valence electrons. The van der Waals surface area contributed by atoms with Crippen LogP contribution in [-0.4, -0.2) is 24.3 Å². The van der Waals surface area contributed by atoms with Gasteiger partial charge >= 0.3 is 0 Å². The lowest BCUT2D eigenvalue weighted by Crippen LogP contribution is -2.38. The van der Waals surface area contributed by atoms with Gasteiger partial charge in [0.2, 0.25) is 10.0 Å². The molecule has 1 N–H and O–H groups in total. The molecule has 0 bridgehead atoms. The summed E-state index contributed by atoms with van der Waals surface area (Å²) in [5.74, 6) is 0. The number of rotatable bonds is 3. The maximum absolute atomic E-state index is 13.1. The number of hydrogen-bond acceptors (Lipinski definition) is 2. The molecule has 2 heterocycles. The van der Waals surface area contributed by atoms with Crippen molar-refractivity contribution in [2.45, 2.75) is 30.2 Å². The van der Waals surface area contributed by atoms with Crippen LogP contribution < -0.4 is 0 Å². The van der Waals surface area contributed by atoms with E-state index in [1.807, 2.05) is 30.3 Å².